The van der Waals surface area contributed by atoms with Crippen LogP contribution in [0.5, 0.6) is 0 Å². The van der Waals surface area contributed by atoms with Crippen LogP contribution in [0.3, 0.4) is 0 Å². The zero-order chi connectivity index (χ0) is 20.5. The molecule has 1 aliphatic rings. The van der Waals surface area contributed by atoms with Gasteiger partial charge in [0.25, 0.3) is 5.91 Å². The molecule has 1 amide bonds. The van der Waals surface area contributed by atoms with Gasteiger partial charge in [-0.25, -0.2) is 4.98 Å². The molecule has 5 rings (SSSR count). The quantitative estimate of drug-likeness (QED) is 0.543. The Labute approximate surface area is 173 Å². The molecule has 1 unspecified atom stereocenters. The number of anilines is 1. The van der Waals surface area contributed by atoms with Crippen molar-refractivity contribution in [2.24, 2.45) is 0 Å². The normalized spacial score (nSPS) is 16.6. The van der Waals surface area contributed by atoms with Crippen LogP contribution in [0.4, 0.5) is 5.69 Å². The molecule has 8 nitrogen and oxygen atoms in total. The first-order valence-corrected chi connectivity index (χ1v) is 10.1. The van der Waals surface area contributed by atoms with Gasteiger partial charge in [0.2, 0.25) is 11.7 Å². The van der Waals surface area contributed by atoms with E-state index < -0.39 is 0 Å². The largest absolute Gasteiger partial charge is 0.339 e. The Balaban J connectivity index is 1.40. The highest BCUT2D eigenvalue weighted by atomic mass is 16.5. The fourth-order valence-corrected chi connectivity index (χ4v) is 3.76. The van der Waals surface area contributed by atoms with E-state index in [9.17, 15) is 4.79 Å². The zero-order valence-corrected chi connectivity index (χ0v) is 16.6. The Morgan fingerprint density at radius 2 is 2.23 bits per heavy atom. The molecule has 0 saturated carbocycles. The maximum absolute atomic E-state index is 12.9. The van der Waals surface area contributed by atoms with Crippen LogP contribution in [-0.2, 0) is 0 Å². The van der Waals surface area contributed by atoms with Crippen molar-refractivity contribution in [1.82, 2.24) is 24.8 Å². The Hall–Kier alpha value is -3.52. The summed E-state index contributed by atoms with van der Waals surface area (Å²) in [5.41, 5.74) is 3.65. The van der Waals surface area contributed by atoms with Crippen molar-refractivity contribution in [2.75, 3.05) is 18.4 Å². The van der Waals surface area contributed by atoms with E-state index >= 15 is 0 Å². The van der Waals surface area contributed by atoms with E-state index in [1.54, 1.807) is 10.6 Å². The molecule has 0 aliphatic carbocycles. The summed E-state index contributed by atoms with van der Waals surface area (Å²) in [4.78, 5) is 21.8. The second-order valence-corrected chi connectivity index (χ2v) is 7.56. The lowest BCUT2D eigenvalue weighted by Crippen LogP contribution is -2.28. The highest BCUT2D eigenvalue weighted by molar-refractivity contribution is 6.04. The number of aryl methyl sites for hydroxylation is 1. The minimum absolute atomic E-state index is 0.226. The lowest BCUT2D eigenvalue weighted by atomic mass is 10.00. The number of pyridine rings is 1. The summed E-state index contributed by atoms with van der Waals surface area (Å²) in [5.74, 6) is 1.21. The second kappa shape index (κ2) is 7.72. The van der Waals surface area contributed by atoms with Crippen LogP contribution in [0.1, 0.15) is 40.7 Å². The maximum atomic E-state index is 12.9. The first-order valence-electron chi connectivity index (χ1n) is 10.1. The monoisotopic (exact) mass is 402 g/mol. The van der Waals surface area contributed by atoms with Crippen molar-refractivity contribution in [3.8, 4) is 11.4 Å². The lowest BCUT2D eigenvalue weighted by Gasteiger charge is -2.18. The Bertz CT molecular complexity index is 1210. The number of rotatable bonds is 4. The molecule has 0 radical (unpaired) electrons. The fourth-order valence-electron chi connectivity index (χ4n) is 3.76. The summed E-state index contributed by atoms with van der Waals surface area (Å²) >= 11 is 0. The zero-order valence-electron chi connectivity index (χ0n) is 16.6. The predicted molar refractivity (Wildman–Crippen MR) is 112 cm³/mol. The first-order chi connectivity index (χ1) is 14.7. The van der Waals surface area contributed by atoms with Gasteiger partial charge < -0.3 is 15.2 Å². The van der Waals surface area contributed by atoms with Gasteiger partial charge in [0.1, 0.15) is 11.3 Å². The number of hydrogen-bond acceptors (Lipinski definition) is 6. The molecule has 8 heteroatoms. The van der Waals surface area contributed by atoms with E-state index in [4.69, 9.17) is 4.52 Å². The van der Waals surface area contributed by atoms with E-state index in [0.29, 0.717) is 23.1 Å². The van der Waals surface area contributed by atoms with Crippen LogP contribution in [0.2, 0.25) is 0 Å². The van der Waals surface area contributed by atoms with Crippen LogP contribution in [0, 0.1) is 6.92 Å². The number of imidazole rings is 1. The van der Waals surface area contributed by atoms with Gasteiger partial charge in [0, 0.05) is 24.0 Å². The van der Waals surface area contributed by atoms with Gasteiger partial charge in [0.05, 0.1) is 12.1 Å². The fraction of sp³-hybridized carbons (Fsp3) is 0.273. The Morgan fingerprint density at radius 3 is 3.10 bits per heavy atom. The predicted octanol–water partition coefficient (Wildman–Crippen LogP) is 3.41. The summed E-state index contributed by atoms with van der Waals surface area (Å²) < 4.78 is 7.28. The minimum atomic E-state index is -0.226. The number of fused-ring (bicyclic) bond motifs is 1. The number of benzene rings is 1. The highest BCUT2D eigenvalue weighted by Crippen LogP contribution is 2.27. The number of nitrogens with one attached hydrogen (secondary N) is 2. The molecule has 152 valence electrons. The molecular formula is C22H22N6O2. The third-order valence-electron chi connectivity index (χ3n) is 5.48. The van der Waals surface area contributed by atoms with E-state index in [1.165, 1.54) is 0 Å². The minimum Gasteiger partial charge on any atom is -0.339 e. The van der Waals surface area contributed by atoms with Crippen molar-refractivity contribution in [1.29, 1.82) is 0 Å². The number of aromatic nitrogens is 4. The molecule has 0 spiro atoms. The van der Waals surface area contributed by atoms with Crippen LogP contribution >= 0.6 is 0 Å². The average Bonchev–Trinajstić information content (AvgIpc) is 3.43. The first kappa shape index (κ1) is 18.5. The van der Waals surface area contributed by atoms with Crippen molar-refractivity contribution >= 4 is 17.2 Å². The Kier molecular flexibility index (Phi) is 4.76. The molecule has 1 aliphatic heterocycles. The summed E-state index contributed by atoms with van der Waals surface area (Å²) in [5, 5.41) is 10.5. The van der Waals surface area contributed by atoms with Crippen molar-refractivity contribution < 1.29 is 9.32 Å². The number of hydrogen-bond donors (Lipinski definition) is 2. The molecule has 4 aromatic rings. The van der Waals surface area contributed by atoms with Gasteiger partial charge in [-0.3, -0.25) is 9.20 Å². The number of carbonyl (C=O) groups excluding carboxylic acids is 1. The molecule has 1 fully saturated rings. The van der Waals surface area contributed by atoms with Crippen LogP contribution < -0.4 is 10.6 Å². The molecule has 3 aromatic heterocycles. The van der Waals surface area contributed by atoms with E-state index in [1.807, 2.05) is 49.5 Å². The third-order valence-corrected chi connectivity index (χ3v) is 5.48. The van der Waals surface area contributed by atoms with Crippen molar-refractivity contribution in [3.63, 3.8) is 0 Å². The van der Waals surface area contributed by atoms with Crippen LogP contribution in [0.25, 0.3) is 17.0 Å². The smallest absolute Gasteiger partial charge is 0.274 e. The van der Waals surface area contributed by atoms with Gasteiger partial charge in [-0.05, 0) is 50.1 Å². The molecule has 0 bridgehead atoms. The number of carbonyl (C=O) groups is 1. The molecule has 1 atom stereocenters. The third kappa shape index (κ3) is 3.46. The summed E-state index contributed by atoms with van der Waals surface area (Å²) in [6.45, 7) is 3.84. The van der Waals surface area contributed by atoms with Crippen molar-refractivity contribution in [3.05, 3.63) is 65.9 Å². The van der Waals surface area contributed by atoms with Crippen LogP contribution in [-0.4, -0.2) is 38.5 Å². The molecule has 4 heterocycles. The molecule has 2 N–H and O–H groups in total. The second-order valence-electron chi connectivity index (χ2n) is 7.56. The Morgan fingerprint density at radius 1 is 1.30 bits per heavy atom. The standard InChI is InChI=1S/C22H22N6O2/c1-14-7-8-15(20-26-22(30-27-20)16-5-4-9-23-12-16)11-17(14)25-21(29)18-13-24-19-6-2-3-10-28(18)19/h2-3,6-8,10-11,13,16,23H,4-5,9,12H2,1H3,(H,25,29). The molecule has 1 aromatic carbocycles. The molecular weight excluding hydrogens is 380 g/mol. The summed E-state index contributed by atoms with van der Waals surface area (Å²) in [6.07, 6.45) is 5.55. The average molecular weight is 402 g/mol. The summed E-state index contributed by atoms with van der Waals surface area (Å²) in [7, 11) is 0. The number of nitrogens with zero attached hydrogens (tertiary/aromatic N) is 4. The number of amides is 1. The van der Waals surface area contributed by atoms with Gasteiger partial charge in [-0.1, -0.05) is 23.4 Å². The van der Waals surface area contributed by atoms with Gasteiger partial charge in [-0.15, -0.1) is 0 Å². The molecule has 30 heavy (non-hydrogen) atoms. The van der Waals surface area contributed by atoms with Gasteiger partial charge in [-0.2, -0.15) is 4.98 Å². The van der Waals surface area contributed by atoms with Crippen molar-refractivity contribution in [2.45, 2.75) is 25.7 Å². The van der Waals surface area contributed by atoms with E-state index in [0.717, 1.165) is 42.7 Å². The van der Waals surface area contributed by atoms with E-state index in [2.05, 4.69) is 25.8 Å². The van der Waals surface area contributed by atoms with Crippen LogP contribution in [0.15, 0.2) is 53.3 Å². The number of piperidine rings is 1. The van der Waals surface area contributed by atoms with Gasteiger partial charge >= 0.3 is 0 Å². The molecule has 1 saturated heterocycles. The SMILES string of the molecule is Cc1ccc(-c2noc(C3CCCNC3)n2)cc1NC(=O)c1cnc2ccccn12. The van der Waals surface area contributed by atoms with Gasteiger partial charge in [0.15, 0.2) is 0 Å². The summed E-state index contributed by atoms with van der Waals surface area (Å²) in [6, 6.07) is 11.4. The maximum Gasteiger partial charge on any atom is 0.274 e. The van der Waals surface area contributed by atoms with E-state index in [-0.39, 0.29) is 11.8 Å². The topological polar surface area (TPSA) is 97.4 Å². The highest BCUT2D eigenvalue weighted by Gasteiger charge is 2.22. The lowest BCUT2D eigenvalue weighted by molar-refractivity contribution is 0.102.